The fourth-order valence-corrected chi connectivity index (χ4v) is 2.25. The fraction of sp³-hybridized carbons (Fsp3) is 0.750. The van der Waals surface area contributed by atoms with Crippen LogP contribution in [0.4, 0.5) is 0 Å². The predicted molar refractivity (Wildman–Crippen MR) is 63.3 cm³/mol. The van der Waals surface area contributed by atoms with Gasteiger partial charge in [-0.3, -0.25) is 0 Å². The molecule has 1 aromatic heterocycles. The summed E-state index contributed by atoms with van der Waals surface area (Å²) < 4.78 is 7.96. The van der Waals surface area contributed by atoms with Gasteiger partial charge in [-0.1, -0.05) is 6.92 Å². The number of hydrogen-bond donors (Lipinski definition) is 1. The molecule has 2 unspecified atom stereocenters. The minimum Gasteiger partial charge on any atom is -0.376 e. The molecule has 1 N–H and O–H groups in total. The van der Waals surface area contributed by atoms with Crippen LogP contribution < -0.4 is 5.32 Å². The Labute approximate surface area is 97.0 Å². The van der Waals surface area contributed by atoms with Crippen LogP contribution in [0.25, 0.3) is 0 Å². The number of nitrogens with zero attached hydrogens (tertiary/aromatic N) is 2. The van der Waals surface area contributed by atoms with E-state index in [0.29, 0.717) is 12.1 Å². The molecule has 2 rings (SSSR count). The SMILES string of the molecule is CCNCc1cncn1C(C)C1CCCO1. The van der Waals surface area contributed by atoms with Gasteiger partial charge in [0, 0.05) is 19.3 Å². The van der Waals surface area contributed by atoms with Crippen molar-refractivity contribution in [2.24, 2.45) is 0 Å². The van der Waals surface area contributed by atoms with Crippen molar-refractivity contribution >= 4 is 0 Å². The third-order valence-electron chi connectivity index (χ3n) is 3.24. The van der Waals surface area contributed by atoms with Gasteiger partial charge in [0.1, 0.15) is 0 Å². The number of aromatic nitrogens is 2. The summed E-state index contributed by atoms with van der Waals surface area (Å²) in [6, 6.07) is 0.388. The largest absolute Gasteiger partial charge is 0.376 e. The zero-order valence-electron chi connectivity index (χ0n) is 10.1. The minimum atomic E-state index is 0.356. The van der Waals surface area contributed by atoms with E-state index in [0.717, 1.165) is 19.7 Å². The van der Waals surface area contributed by atoms with Gasteiger partial charge in [-0.2, -0.15) is 0 Å². The lowest BCUT2D eigenvalue weighted by Gasteiger charge is -2.22. The summed E-state index contributed by atoms with van der Waals surface area (Å²) in [5.41, 5.74) is 1.24. The Morgan fingerprint density at radius 2 is 2.56 bits per heavy atom. The molecule has 0 amide bonds. The number of ether oxygens (including phenoxy) is 1. The molecule has 4 nitrogen and oxygen atoms in total. The molecule has 2 heterocycles. The number of rotatable bonds is 5. The van der Waals surface area contributed by atoms with Gasteiger partial charge in [-0.15, -0.1) is 0 Å². The molecule has 1 aliphatic rings. The summed E-state index contributed by atoms with van der Waals surface area (Å²) in [5, 5.41) is 3.33. The summed E-state index contributed by atoms with van der Waals surface area (Å²) in [5.74, 6) is 0. The molecule has 0 bridgehead atoms. The first-order valence-electron chi connectivity index (χ1n) is 6.16. The van der Waals surface area contributed by atoms with Crippen molar-refractivity contribution in [1.29, 1.82) is 0 Å². The van der Waals surface area contributed by atoms with Crippen molar-refractivity contribution in [1.82, 2.24) is 14.9 Å². The van der Waals surface area contributed by atoms with Crippen molar-refractivity contribution in [3.8, 4) is 0 Å². The molecule has 1 fully saturated rings. The average molecular weight is 223 g/mol. The summed E-state index contributed by atoms with van der Waals surface area (Å²) in [4.78, 5) is 4.23. The first-order valence-corrected chi connectivity index (χ1v) is 6.16. The zero-order chi connectivity index (χ0) is 11.4. The third-order valence-corrected chi connectivity index (χ3v) is 3.24. The van der Waals surface area contributed by atoms with E-state index in [1.807, 2.05) is 12.5 Å². The Morgan fingerprint density at radius 1 is 1.69 bits per heavy atom. The Morgan fingerprint density at radius 3 is 3.25 bits per heavy atom. The zero-order valence-corrected chi connectivity index (χ0v) is 10.1. The van der Waals surface area contributed by atoms with Crippen LogP contribution in [0, 0.1) is 0 Å². The maximum atomic E-state index is 5.73. The monoisotopic (exact) mass is 223 g/mol. The summed E-state index contributed by atoms with van der Waals surface area (Å²) in [7, 11) is 0. The minimum absolute atomic E-state index is 0.356. The van der Waals surface area contributed by atoms with Crippen LogP contribution in [-0.4, -0.2) is 28.8 Å². The number of nitrogens with one attached hydrogen (secondary N) is 1. The van der Waals surface area contributed by atoms with Crippen LogP contribution in [0.5, 0.6) is 0 Å². The molecule has 1 saturated heterocycles. The molecule has 0 spiro atoms. The first-order chi connectivity index (χ1) is 7.83. The lowest BCUT2D eigenvalue weighted by Crippen LogP contribution is -2.24. The van der Waals surface area contributed by atoms with E-state index in [1.165, 1.54) is 18.5 Å². The highest BCUT2D eigenvalue weighted by molar-refractivity contribution is 5.01. The Balaban J connectivity index is 2.03. The Kier molecular flexibility index (Phi) is 3.96. The van der Waals surface area contributed by atoms with E-state index in [2.05, 4.69) is 28.7 Å². The van der Waals surface area contributed by atoms with E-state index < -0.39 is 0 Å². The van der Waals surface area contributed by atoms with Crippen molar-refractivity contribution in [2.75, 3.05) is 13.2 Å². The maximum Gasteiger partial charge on any atom is 0.0952 e. The quantitative estimate of drug-likeness (QED) is 0.826. The van der Waals surface area contributed by atoms with E-state index in [1.54, 1.807) is 0 Å². The highest BCUT2D eigenvalue weighted by atomic mass is 16.5. The summed E-state index contributed by atoms with van der Waals surface area (Å²) in [6.07, 6.45) is 6.56. The molecule has 0 aliphatic carbocycles. The van der Waals surface area contributed by atoms with Gasteiger partial charge < -0.3 is 14.6 Å². The molecule has 0 aromatic carbocycles. The fourth-order valence-electron chi connectivity index (χ4n) is 2.25. The lowest BCUT2D eigenvalue weighted by molar-refractivity contribution is 0.0723. The van der Waals surface area contributed by atoms with E-state index in [9.17, 15) is 0 Å². The van der Waals surface area contributed by atoms with Gasteiger partial charge in [0.2, 0.25) is 0 Å². The molecule has 1 aromatic rings. The highest BCUT2D eigenvalue weighted by Crippen LogP contribution is 2.24. The van der Waals surface area contributed by atoms with Crippen LogP contribution in [-0.2, 0) is 11.3 Å². The molecule has 2 atom stereocenters. The molecule has 90 valence electrons. The number of hydrogen-bond acceptors (Lipinski definition) is 3. The molecule has 0 saturated carbocycles. The maximum absolute atomic E-state index is 5.73. The third kappa shape index (κ3) is 2.44. The van der Waals surface area contributed by atoms with Crippen LogP contribution >= 0.6 is 0 Å². The average Bonchev–Trinajstić information content (AvgIpc) is 2.96. The smallest absolute Gasteiger partial charge is 0.0952 e. The van der Waals surface area contributed by atoms with Gasteiger partial charge in [0.25, 0.3) is 0 Å². The second-order valence-corrected chi connectivity index (χ2v) is 4.36. The molecule has 1 aliphatic heterocycles. The van der Waals surface area contributed by atoms with Crippen LogP contribution in [0.3, 0.4) is 0 Å². The normalized spacial score (nSPS) is 22.5. The Bertz CT molecular complexity index is 318. The van der Waals surface area contributed by atoms with Gasteiger partial charge in [0.05, 0.1) is 24.2 Å². The molecule has 4 heteroatoms. The number of imidazole rings is 1. The lowest BCUT2D eigenvalue weighted by atomic mass is 10.1. The van der Waals surface area contributed by atoms with Crippen molar-refractivity contribution in [3.05, 3.63) is 18.2 Å². The van der Waals surface area contributed by atoms with Crippen molar-refractivity contribution in [3.63, 3.8) is 0 Å². The Hall–Kier alpha value is -0.870. The van der Waals surface area contributed by atoms with E-state index in [-0.39, 0.29) is 0 Å². The highest BCUT2D eigenvalue weighted by Gasteiger charge is 2.24. The van der Waals surface area contributed by atoms with Crippen molar-refractivity contribution in [2.45, 2.75) is 45.4 Å². The summed E-state index contributed by atoms with van der Waals surface area (Å²) >= 11 is 0. The van der Waals surface area contributed by atoms with E-state index >= 15 is 0 Å². The first kappa shape index (κ1) is 11.6. The molecule has 0 radical (unpaired) electrons. The summed E-state index contributed by atoms with van der Waals surface area (Å²) in [6.45, 7) is 7.11. The van der Waals surface area contributed by atoms with Gasteiger partial charge in [-0.05, 0) is 26.3 Å². The van der Waals surface area contributed by atoms with Crippen LogP contribution in [0.1, 0.15) is 38.4 Å². The molecular weight excluding hydrogens is 202 g/mol. The second kappa shape index (κ2) is 5.46. The van der Waals surface area contributed by atoms with Gasteiger partial charge in [-0.25, -0.2) is 4.98 Å². The van der Waals surface area contributed by atoms with Crippen molar-refractivity contribution < 1.29 is 4.74 Å². The molecule has 16 heavy (non-hydrogen) atoms. The van der Waals surface area contributed by atoms with Crippen LogP contribution in [0.2, 0.25) is 0 Å². The predicted octanol–water partition coefficient (Wildman–Crippen LogP) is 1.73. The van der Waals surface area contributed by atoms with Gasteiger partial charge in [0.15, 0.2) is 0 Å². The van der Waals surface area contributed by atoms with Crippen LogP contribution in [0.15, 0.2) is 12.5 Å². The standard InChI is InChI=1S/C12H21N3O/c1-3-13-7-11-8-14-9-15(11)10(2)12-5-4-6-16-12/h8-10,12-13H,3-7H2,1-2H3. The van der Waals surface area contributed by atoms with E-state index in [4.69, 9.17) is 4.74 Å². The topological polar surface area (TPSA) is 39.1 Å². The second-order valence-electron chi connectivity index (χ2n) is 4.36. The molecular formula is C12H21N3O. The van der Waals surface area contributed by atoms with Gasteiger partial charge >= 0.3 is 0 Å².